The van der Waals surface area contributed by atoms with Gasteiger partial charge in [-0.2, -0.15) is 0 Å². The van der Waals surface area contributed by atoms with Crippen LogP contribution < -0.4 is 11.1 Å². The minimum absolute atomic E-state index is 0.331. The maximum absolute atomic E-state index is 13.0. The van der Waals surface area contributed by atoms with Crippen molar-refractivity contribution in [3.8, 4) is 0 Å². The van der Waals surface area contributed by atoms with E-state index in [1.165, 1.54) is 18.2 Å². The molecular formula is C11H14FN5O. The monoisotopic (exact) mass is 251 g/mol. The second-order valence-electron chi connectivity index (χ2n) is 3.65. The lowest BCUT2D eigenvalue weighted by Gasteiger charge is -2.15. The van der Waals surface area contributed by atoms with Crippen molar-refractivity contribution in [2.75, 3.05) is 13.1 Å². The number of benzene rings is 1. The van der Waals surface area contributed by atoms with Gasteiger partial charge >= 0.3 is 0 Å². The largest absolute Gasteiger partial charge is 0.368 e. The molecular weight excluding hydrogens is 237 g/mol. The first-order valence-corrected chi connectivity index (χ1v) is 5.44. The molecule has 0 aromatic heterocycles. The first-order valence-electron chi connectivity index (χ1n) is 5.44. The fourth-order valence-corrected chi connectivity index (χ4v) is 1.51. The van der Waals surface area contributed by atoms with Gasteiger partial charge in [0, 0.05) is 11.5 Å². The molecule has 1 rings (SSSR count). The maximum atomic E-state index is 13.0. The van der Waals surface area contributed by atoms with Gasteiger partial charge in [0.2, 0.25) is 5.91 Å². The Bertz CT molecular complexity index is 459. The van der Waals surface area contributed by atoms with Gasteiger partial charge in [-0.25, -0.2) is 4.39 Å². The third kappa shape index (κ3) is 4.40. The Labute approximate surface area is 104 Å². The standard InChI is InChI=1S/C11H14FN5O/c12-9-4-1-3-8(7-9)10(11(13)18)15-5-2-6-16-17-14/h1,3-4,7,10,15H,2,5-6H2,(H2,13,18). The van der Waals surface area contributed by atoms with Crippen LogP contribution in [0.15, 0.2) is 29.4 Å². The molecule has 1 aromatic rings. The topological polar surface area (TPSA) is 104 Å². The molecule has 6 nitrogen and oxygen atoms in total. The van der Waals surface area contributed by atoms with Crippen molar-refractivity contribution in [2.45, 2.75) is 12.5 Å². The molecule has 0 aliphatic rings. The lowest BCUT2D eigenvalue weighted by Crippen LogP contribution is -2.34. The minimum Gasteiger partial charge on any atom is -0.368 e. The molecule has 0 aliphatic heterocycles. The Hall–Kier alpha value is -2.11. The molecule has 0 saturated carbocycles. The third-order valence-electron chi connectivity index (χ3n) is 2.31. The maximum Gasteiger partial charge on any atom is 0.239 e. The van der Waals surface area contributed by atoms with Crippen LogP contribution in [0, 0.1) is 5.82 Å². The van der Waals surface area contributed by atoms with E-state index in [9.17, 15) is 9.18 Å². The SMILES string of the molecule is [N-]=[N+]=NCCCNC(C(N)=O)c1cccc(F)c1. The van der Waals surface area contributed by atoms with Gasteiger partial charge in [0.25, 0.3) is 0 Å². The summed E-state index contributed by atoms with van der Waals surface area (Å²) in [5.41, 5.74) is 13.8. The minimum atomic E-state index is -0.744. The number of rotatable bonds is 7. The zero-order chi connectivity index (χ0) is 13.4. The van der Waals surface area contributed by atoms with Crippen LogP contribution >= 0.6 is 0 Å². The van der Waals surface area contributed by atoms with Gasteiger partial charge in [-0.05, 0) is 36.2 Å². The highest BCUT2D eigenvalue weighted by Gasteiger charge is 2.16. The highest BCUT2D eigenvalue weighted by Crippen LogP contribution is 2.13. The summed E-state index contributed by atoms with van der Waals surface area (Å²) in [5.74, 6) is -1.00. The second-order valence-corrected chi connectivity index (χ2v) is 3.65. The fourth-order valence-electron chi connectivity index (χ4n) is 1.51. The Morgan fingerprint density at radius 3 is 3.00 bits per heavy atom. The van der Waals surface area contributed by atoms with E-state index >= 15 is 0 Å². The summed E-state index contributed by atoms with van der Waals surface area (Å²) < 4.78 is 13.0. The van der Waals surface area contributed by atoms with Crippen LogP contribution in [0.5, 0.6) is 0 Å². The van der Waals surface area contributed by atoms with Crippen LogP contribution in [-0.2, 0) is 4.79 Å². The van der Waals surface area contributed by atoms with Crippen molar-refractivity contribution in [1.29, 1.82) is 0 Å². The van der Waals surface area contributed by atoms with Gasteiger partial charge < -0.3 is 11.1 Å². The van der Waals surface area contributed by atoms with Crippen molar-refractivity contribution >= 4 is 5.91 Å². The normalized spacial score (nSPS) is 11.6. The molecule has 1 aromatic carbocycles. The van der Waals surface area contributed by atoms with Crippen molar-refractivity contribution in [3.63, 3.8) is 0 Å². The van der Waals surface area contributed by atoms with Crippen LogP contribution in [0.3, 0.4) is 0 Å². The molecule has 0 radical (unpaired) electrons. The van der Waals surface area contributed by atoms with Gasteiger partial charge in [-0.15, -0.1) is 0 Å². The number of carbonyl (C=O) groups excluding carboxylic acids is 1. The van der Waals surface area contributed by atoms with Gasteiger partial charge in [0.05, 0.1) is 0 Å². The van der Waals surface area contributed by atoms with Crippen molar-refractivity contribution in [3.05, 3.63) is 46.1 Å². The van der Waals surface area contributed by atoms with E-state index in [2.05, 4.69) is 15.3 Å². The molecule has 1 atom stereocenters. The van der Waals surface area contributed by atoms with Crippen LogP contribution in [0.2, 0.25) is 0 Å². The molecule has 18 heavy (non-hydrogen) atoms. The average Bonchev–Trinajstić information content (AvgIpc) is 2.33. The van der Waals surface area contributed by atoms with Crippen molar-refractivity contribution in [1.82, 2.24) is 5.32 Å². The van der Waals surface area contributed by atoms with Crippen molar-refractivity contribution in [2.24, 2.45) is 10.8 Å². The summed E-state index contributed by atoms with van der Waals surface area (Å²) in [6.45, 7) is 0.779. The summed E-state index contributed by atoms with van der Waals surface area (Å²) in [4.78, 5) is 13.9. The molecule has 7 heteroatoms. The zero-order valence-electron chi connectivity index (χ0n) is 9.71. The highest BCUT2D eigenvalue weighted by molar-refractivity contribution is 5.81. The van der Waals surface area contributed by atoms with E-state index in [0.717, 1.165) is 0 Å². The Morgan fingerprint density at radius 1 is 1.61 bits per heavy atom. The summed E-state index contributed by atoms with van der Waals surface area (Å²) in [6, 6.07) is 4.95. The van der Waals surface area contributed by atoms with Crippen LogP contribution in [-0.4, -0.2) is 19.0 Å². The highest BCUT2D eigenvalue weighted by atomic mass is 19.1. The number of halogens is 1. The first-order chi connectivity index (χ1) is 8.65. The second kappa shape index (κ2) is 7.26. The Morgan fingerprint density at radius 2 is 2.39 bits per heavy atom. The average molecular weight is 251 g/mol. The van der Waals surface area contributed by atoms with E-state index in [4.69, 9.17) is 11.3 Å². The molecule has 0 saturated heterocycles. The Kier molecular flexibility index (Phi) is 5.63. The number of nitrogens with zero attached hydrogens (tertiary/aromatic N) is 3. The fraction of sp³-hybridized carbons (Fsp3) is 0.364. The van der Waals surface area contributed by atoms with E-state index in [1.54, 1.807) is 6.07 Å². The number of amides is 1. The Balaban J connectivity index is 2.60. The van der Waals surface area contributed by atoms with E-state index in [-0.39, 0.29) is 0 Å². The molecule has 0 heterocycles. The molecule has 1 unspecified atom stereocenters. The zero-order valence-corrected chi connectivity index (χ0v) is 9.71. The third-order valence-corrected chi connectivity index (χ3v) is 2.31. The van der Waals surface area contributed by atoms with Crippen LogP contribution in [0.1, 0.15) is 18.0 Å². The number of hydrogen-bond donors (Lipinski definition) is 2. The van der Waals surface area contributed by atoms with Gasteiger partial charge in [-0.3, -0.25) is 4.79 Å². The summed E-state index contributed by atoms with van der Waals surface area (Å²) >= 11 is 0. The number of nitrogens with two attached hydrogens (primary N) is 1. The molecule has 0 aliphatic carbocycles. The van der Waals surface area contributed by atoms with Crippen molar-refractivity contribution < 1.29 is 9.18 Å². The first kappa shape index (κ1) is 14.0. The molecule has 96 valence electrons. The summed E-state index contributed by atoms with van der Waals surface area (Å²) in [6.07, 6.45) is 0.573. The van der Waals surface area contributed by atoms with Crippen LogP contribution in [0.4, 0.5) is 4.39 Å². The molecule has 1 amide bonds. The number of carbonyl (C=O) groups is 1. The number of azide groups is 1. The molecule has 0 spiro atoms. The van der Waals surface area contributed by atoms with E-state index < -0.39 is 17.8 Å². The van der Waals surface area contributed by atoms with Gasteiger partial charge in [0.15, 0.2) is 0 Å². The molecule has 3 N–H and O–H groups in total. The summed E-state index contributed by atoms with van der Waals surface area (Å²) in [7, 11) is 0. The van der Waals surface area contributed by atoms with E-state index in [0.29, 0.717) is 25.1 Å². The lowest BCUT2D eigenvalue weighted by atomic mass is 10.1. The lowest BCUT2D eigenvalue weighted by molar-refractivity contribution is -0.120. The summed E-state index contributed by atoms with van der Waals surface area (Å²) in [5, 5.41) is 6.26. The number of hydrogen-bond acceptors (Lipinski definition) is 3. The predicted molar refractivity (Wildman–Crippen MR) is 65.0 cm³/mol. The number of nitrogens with one attached hydrogen (secondary N) is 1. The van der Waals surface area contributed by atoms with Gasteiger partial charge in [0.1, 0.15) is 11.9 Å². The smallest absolute Gasteiger partial charge is 0.239 e. The quantitative estimate of drug-likeness (QED) is 0.333. The predicted octanol–water partition coefficient (Wildman–Crippen LogP) is 1.64. The number of primary amides is 1. The van der Waals surface area contributed by atoms with Gasteiger partial charge in [-0.1, -0.05) is 17.2 Å². The van der Waals surface area contributed by atoms with E-state index in [1.807, 2.05) is 0 Å². The molecule has 0 fully saturated rings. The molecule has 0 bridgehead atoms. The van der Waals surface area contributed by atoms with Crippen LogP contribution in [0.25, 0.3) is 10.4 Å².